The van der Waals surface area contributed by atoms with Gasteiger partial charge in [0.25, 0.3) is 0 Å². The molecule has 0 aliphatic carbocycles. The first kappa shape index (κ1) is 14.4. The Labute approximate surface area is 122 Å². The van der Waals surface area contributed by atoms with E-state index in [0.29, 0.717) is 10.8 Å². The Morgan fingerprint density at radius 3 is 2.75 bits per heavy atom. The van der Waals surface area contributed by atoms with E-state index in [0.717, 1.165) is 36.4 Å². The minimum absolute atomic E-state index is 0.273. The van der Waals surface area contributed by atoms with Crippen LogP contribution in [0.5, 0.6) is 10.8 Å². The fourth-order valence-corrected chi connectivity index (χ4v) is 2.52. The molecule has 2 rings (SSSR count). The van der Waals surface area contributed by atoms with E-state index in [4.69, 9.17) is 9.84 Å². The van der Waals surface area contributed by atoms with E-state index in [2.05, 4.69) is 12.2 Å². The molecular weight excluding hydrogens is 274 g/mol. The van der Waals surface area contributed by atoms with Gasteiger partial charge in [-0.15, -0.1) is 0 Å². The number of carboxylic acids is 1. The van der Waals surface area contributed by atoms with Gasteiger partial charge in [0.2, 0.25) is 5.06 Å². The van der Waals surface area contributed by atoms with E-state index in [9.17, 15) is 4.79 Å². The van der Waals surface area contributed by atoms with Crippen molar-refractivity contribution in [1.29, 1.82) is 0 Å². The van der Waals surface area contributed by atoms with E-state index in [1.165, 1.54) is 0 Å². The Kier molecular flexibility index (Phi) is 5.01. The van der Waals surface area contributed by atoms with Crippen LogP contribution in [0.1, 0.15) is 29.4 Å². The van der Waals surface area contributed by atoms with Gasteiger partial charge >= 0.3 is 5.97 Å². The molecule has 5 heteroatoms. The quantitative estimate of drug-likeness (QED) is 0.740. The standard InChI is InChI=1S/C15H17NO3S/c1-2-3-9-16-12-10-13(14(17)18)20-15(12)19-11-7-5-4-6-8-11/h4-8,10,16H,2-3,9H2,1H3,(H,17,18). The molecule has 0 atom stereocenters. The number of para-hydroxylation sites is 1. The molecule has 4 nitrogen and oxygen atoms in total. The molecule has 0 unspecified atom stereocenters. The first-order valence-corrected chi connectivity index (χ1v) is 7.36. The van der Waals surface area contributed by atoms with Gasteiger partial charge in [0.15, 0.2) is 0 Å². The van der Waals surface area contributed by atoms with E-state index < -0.39 is 5.97 Å². The molecule has 20 heavy (non-hydrogen) atoms. The topological polar surface area (TPSA) is 58.6 Å². The van der Waals surface area contributed by atoms with Crippen LogP contribution >= 0.6 is 11.3 Å². The number of thiophene rings is 1. The lowest BCUT2D eigenvalue weighted by Gasteiger charge is -2.08. The third-order valence-corrected chi connectivity index (χ3v) is 3.71. The van der Waals surface area contributed by atoms with Crippen LogP contribution in [0, 0.1) is 0 Å². The summed E-state index contributed by atoms with van der Waals surface area (Å²) in [4.78, 5) is 11.3. The number of anilines is 1. The second kappa shape index (κ2) is 6.96. The Morgan fingerprint density at radius 1 is 1.35 bits per heavy atom. The average molecular weight is 291 g/mol. The predicted octanol–water partition coefficient (Wildman–Crippen LogP) is 4.45. The normalized spacial score (nSPS) is 10.2. The number of benzene rings is 1. The monoisotopic (exact) mass is 291 g/mol. The molecule has 2 aromatic rings. The fraction of sp³-hybridized carbons (Fsp3) is 0.267. The Balaban J connectivity index is 2.18. The maximum absolute atomic E-state index is 11.1. The number of hydrogen-bond donors (Lipinski definition) is 2. The SMILES string of the molecule is CCCCNc1cc(C(=O)O)sc1Oc1ccccc1. The van der Waals surface area contributed by atoms with Crippen molar-refractivity contribution in [3.05, 3.63) is 41.3 Å². The van der Waals surface area contributed by atoms with Crippen molar-refractivity contribution < 1.29 is 14.6 Å². The summed E-state index contributed by atoms with van der Waals surface area (Å²) in [5, 5.41) is 12.9. The number of carboxylic acid groups (broad SMARTS) is 1. The average Bonchev–Trinajstić information content (AvgIpc) is 2.84. The highest BCUT2D eigenvalue weighted by atomic mass is 32.1. The van der Waals surface area contributed by atoms with Crippen LogP contribution in [-0.2, 0) is 0 Å². The molecule has 0 spiro atoms. The van der Waals surface area contributed by atoms with Gasteiger partial charge in [-0.1, -0.05) is 42.9 Å². The Morgan fingerprint density at radius 2 is 2.10 bits per heavy atom. The molecule has 1 aromatic heterocycles. The first-order valence-electron chi connectivity index (χ1n) is 6.54. The summed E-state index contributed by atoms with van der Waals surface area (Å²) < 4.78 is 5.76. The second-order valence-corrected chi connectivity index (χ2v) is 5.33. The highest BCUT2D eigenvalue weighted by Crippen LogP contribution is 2.38. The van der Waals surface area contributed by atoms with E-state index in [1.54, 1.807) is 6.07 Å². The summed E-state index contributed by atoms with van der Waals surface area (Å²) in [6.45, 7) is 2.91. The molecule has 0 bridgehead atoms. The summed E-state index contributed by atoms with van der Waals surface area (Å²) in [6, 6.07) is 11.0. The molecular formula is C15H17NO3S. The maximum Gasteiger partial charge on any atom is 0.346 e. The van der Waals surface area contributed by atoms with Crippen molar-refractivity contribution in [2.24, 2.45) is 0 Å². The van der Waals surface area contributed by atoms with Crippen molar-refractivity contribution in [3.63, 3.8) is 0 Å². The number of carbonyl (C=O) groups is 1. The predicted molar refractivity (Wildman–Crippen MR) is 81.2 cm³/mol. The van der Waals surface area contributed by atoms with E-state index in [-0.39, 0.29) is 4.88 Å². The maximum atomic E-state index is 11.1. The highest BCUT2D eigenvalue weighted by Gasteiger charge is 2.15. The van der Waals surface area contributed by atoms with Crippen molar-refractivity contribution in [3.8, 4) is 10.8 Å². The van der Waals surface area contributed by atoms with Gasteiger partial charge in [-0.25, -0.2) is 4.79 Å². The van der Waals surface area contributed by atoms with Gasteiger partial charge in [-0.3, -0.25) is 0 Å². The van der Waals surface area contributed by atoms with Gasteiger partial charge in [0.1, 0.15) is 10.6 Å². The zero-order valence-electron chi connectivity index (χ0n) is 11.3. The summed E-state index contributed by atoms with van der Waals surface area (Å²) in [5.41, 5.74) is 0.740. The number of unbranched alkanes of at least 4 members (excludes halogenated alkanes) is 1. The number of hydrogen-bond acceptors (Lipinski definition) is 4. The molecule has 2 N–H and O–H groups in total. The second-order valence-electron chi connectivity index (χ2n) is 4.31. The Hall–Kier alpha value is -2.01. The minimum Gasteiger partial charge on any atom is -0.477 e. The number of aromatic carboxylic acids is 1. The number of nitrogens with one attached hydrogen (secondary N) is 1. The van der Waals surface area contributed by atoms with Crippen molar-refractivity contribution in [2.45, 2.75) is 19.8 Å². The molecule has 1 aromatic carbocycles. The highest BCUT2D eigenvalue weighted by molar-refractivity contribution is 7.16. The third kappa shape index (κ3) is 3.74. The molecule has 0 aliphatic rings. The van der Waals surface area contributed by atoms with Gasteiger partial charge in [0, 0.05) is 6.54 Å². The number of rotatable bonds is 7. The van der Waals surface area contributed by atoms with E-state index in [1.807, 2.05) is 30.3 Å². The van der Waals surface area contributed by atoms with Gasteiger partial charge in [0.05, 0.1) is 5.69 Å². The van der Waals surface area contributed by atoms with Gasteiger partial charge in [-0.2, -0.15) is 0 Å². The largest absolute Gasteiger partial charge is 0.477 e. The lowest BCUT2D eigenvalue weighted by molar-refractivity contribution is 0.0702. The summed E-state index contributed by atoms with van der Waals surface area (Å²) in [7, 11) is 0. The van der Waals surface area contributed by atoms with Crippen LogP contribution < -0.4 is 10.1 Å². The molecule has 1 heterocycles. The van der Waals surface area contributed by atoms with Crippen LogP contribution in [0.25, 0.3) is 0 Å². The molecule has 0 amide bonds. The van der Waals surface area contributed by atoms with Crippen LogP contribution in [0.15, 0.2) is 36.4 Å². The summed E-state index contributed by atoms with van der Waals surface area (Å²) in [6.07, 6.45) is 2.11. The van der Waals surface area contributed by atoms with Crippen LogP contribution in [0.3, 0.4) is 0 Å². The molecule has 0 fully saturated rings. The molecule has 0 saturated heterocycles. The zero-order chi connectivity index (χ0) is 14.4. The van der Waals surface area contributed by atoms with Gasteiger partial charge in [-0.05, 0) is 24.6 Å². The third-order valence-electron chi connectivity index (χ3n) is 2.71. The van der Waals surface area contributed by atoms with Crippen molar-refractivity contribution in [1.82, 2.24) is 0 Å². The minimum atomic E-state index is -0.934. The molecule has 0 radical (unpaired) electrons. The summed E-state index contributed by atoms with van der Waals surface area (Å²) >= 11 is 1.14. The van der Waals surface area contributed by atoms with Crippen molar-refractivity contribution in [2.75, 3.05) is 11.9 Å². The van der Waals surface area contributed by atoms with Gasteiger partial charge < -0.3 is 15.2 Å². The lowest BCUT2D eigenvalue weighted by Crippen LogP contribution is -2.00. The smallest absolute Gasteiger partial charge is 0.346 e. The Bertz CT molecular complexity index is 566. The lowest BCUT2D eigenvalue weighted by atomic mass is 10.3. The molecule has 106 valence electrons. The fourth-order valence-electron chi connectivity index (χ4n) is 1.67. The molecule has 0 saturated carbocycles. The van der Waals surface area contributed by atoms with Crippen molar-refractivity contribution >= 4 is 23.0 Å². The number of ether oxygens (including phenoxy) is 1. The molecule has 0 aliphatic heterocycles. The van der Waals surface area contributed by atoms with E-state index >= 15 is 0 Å². The first-order chi connectivity index (χ1) is 9.70. The van der Waals surface area contributed by atoms with Crippen LogP contribution in [0.2, 0.25) is 0 Å². The van der Waals surface area contributed by atoms with Crippen LogP contribution in [0.4, 0.5) is 5.69 Å². The summed E-state index contributed by atoms with van der Waals surface area (Å²) in [5.74, 6) is -0.235. The van der Waals surface area contributed by atoms with Crippen LogP contribution in [-0.4, -0.2) is 17.6 Å². The zero-order valence-corrected chi connectivity index (χ0v) is 12.1.